The zero-order valence-electron chi connectivity index (χ0n) is 29.9. The normalized spacial score (nSPS) is 11.0. The maximum atomic E-state index is 5.53. The molecule has 0 aromatic rings. The summed E-state index contributed by atoms with van der Waals surface area (Å²) in [6.07, 6.45) is 18.5. The summed E-state index contributed by atoms with van der Waals surface area (Å²) in [6, 6.07) is 0. The number of hydrogen-bond donors (Lipinski definition) is 0. The summed E-state index contributed by atoms with van der Waals surface area (Å²) in [4.78, 5) is 0. The first kappa shape index (κ1) is 47.7. The van der Waals surface area contributed by atoms with Crippen LogP contribution in [-0.4, -0.2) is 26.4 Å². The van der Waals surface area contributed by atoms with E-state index in [1.54, 1.807) is 0 Å². The van der Waals surface area contributed by atoms with Crippen molar-refractivity contribution in [2.24, 2.45) is 23.7 Å². The molecular weight excluding hydrogens is 464 g/mol. The minimum absolute atomic E-state index is 0.802. The van der Waals surface area contributed by atoms with Gasteiger partial charge in [0.2, 0.25) is 0 Å². The van der Waals surface area contributed by atoms with E-state index in [0.717, 1.165) is 62.9 Å². The standard InChI is InChI=1S/C11H24O.C9H20.C6H14.C5H12O.C5H12/c1-4-7-8-11(6-3)10-12-9-5-2;1-4-7-8-9(5-2)6-3;1-4-5-6(2)3;1-3-5-6-4-2;1-4-5(2)3/h11H,4-10H2,1-3H3;9H,4-8H2,1-3H3;6H,4-5H2,1-3H3;3-5H2,1-2H3;5H,4H2,1-3H3. The molecule has 0 aliphatic carbocycles. The van der Waals surface area contributed by atoms with Gasteiger partial charge in [-0.05, 0) is 49.9 Å². The molecule has 238 valence electrons. The van der Waals surface area contributed by atoms with Crippen LogP contribution >= 0.6 is 0 Å². The highest BCUT2D eigenvalue weighted by Crippen LogP contribution is 2.15. The van der Waals surface area contributed by atoms with E-state index in [9.17, 15) is 0 Å². The third kappa shape index (κ3) is 60.4. The monoisotopic (exact) mass is 547 g/mol. The lowest BCUT2D eigenvalue weighted by Crippen LogP contribution is -2.09. The second-order valence-corrected chi connectivity index (χ2v) is 11.5. The third-order valence-electron chi connectivity index (χ3n) is 6.60. The molecule has 0 aliphatic rings. The van der Waals surface area contributed by atoms with E-state index in [1.165, 1.54) is 77.0 Å². The molecule has 0 saturated heterocycles. The average Bonchev–Trinajstić information content (AvgIpc) is 2.91. The second-order valence-electron chi connectivity index (χ2n) is 11.5. The zero-order chi connectivity index (χ0) is 30.5. The Hall–Kier alpha value is -0.0800. The highest BCUT2D eigenvalue weighted by molar-refractivity contribution is 4.55. The Balaban J connectivity index is -0.000000125. The van der Waals surface area contributed by atoms with Gasteiger partial charge in [-0.15, -0.1) is 0 Å². The molecule has 0 spiro atoms. The van der Waals surface area contributed by atoms with Gasteiger partial charge >= 0.3 is 0 Å². The zero-order valence-corrected chi connectivity index (χ0v) is 29.9. The van der Waals surface area contributed by atoms with Crippen molar-refractivity contribution < 1.29 is 9.47 Å². The van der Waals surface area contributed by atoms with Gasteiger partial charge in [0.25, 0.3) is 0 Å². The van der Waals surface area contributed by atoms with Crippen molar-refractivity contribution in [2.75, 3.05) is 26.4 Å². The van der Waals surface area contributed by atoms with Gasteiger partial charge in [0, 0.05) is 26.4 Å². The number of rotatable bonds is 19. The van der Waals surface area contributed by atoms with Crippen LogP contribution in [0.15, 0.2) is 0 Å². The Kier molecular flexibility index (Phi) is 58.7. The summed E-state index contributed by atoms with van der Waals surface area (Å²) in [7, 11) is 0. The molecule has 0 radical (unpaired) electrons. The first-order valence-electron chi connectivity index (χ1n) is 17.3. The first-order chi connectivity index (χ1) is 18.1. The summed E-state index contributed by atoms with van der Waals surface area (Å²) in [5.41, 5.74) is 0. The average molecular weight is 547 g/mol. The van der Waals surface area contributed by atoms with Crippen LogP contribution in [0.5, 0.6) is 0 Å². The fourth-order valence-electron chi connectivity index (χ4n) is 3.35. The van der Waals surface area contributed by atoms with Gasteiger partial charge in [-0.1, -0.05) is 161 Å². The molecule has 0 aromatic carbocycles. The topological polar surface area (TPSA) is 18.5 Å². The molecule has 0 amide bonds. The molecule has 2 nitrogen and oxygen atoms in total. The van der Waals surface area contributed by atoms with E-state index in [4.69, 9.17) is 9.47 Å². The Morgan fingerprint density at radius 1 is 0.421 bits per heavy atom. The van der Waals surface area contributed by atoms with Gasteiger partial charge in [0.15, 0.2) is 0 Å². The van der Waals surface area contributed by atoms with Crippen LogP contribution in [0.25, 0.3) is 0 Å². The van der Waals surface area contributed by atoms with Crippen molar-refractivity contribution in [2.45, 2.75) is 187 Å². The lowest BCUT2D eigenvalue weighted by Gasteiger charge is -2.13. The fourth-order valence-corrected chi connectivity index (χ4v) is 3.35. The summed E-state index contributed by atoms with van der Waals surface area (Å²) in [5.74, 6) is 3.59. The van der Waals surface area contributed by atoms with E-state index in [2.05, 4.69) is 90.0 Å². The van der Waals surface area contributed by atoms with Crippen LogP contribution in [-0.2, 0) is 9.47 Å². The molecule has 1 unspecified atom stereocenters. The number of unbranched alkanes of at least 4 members (excludes halogenated alkanes) is 2. The van der Waals surface area contributed by atoms with Crippen molar-refractivity contribution in [3.8, 4) is 0 Å². The Morgan fingerprint density at radius 2 is 0.842 bits per heavy atom. The fraction of sp³-hybridized carbons (Fsp3) is 1.00. The Labute approximate surface area is 246 Å². The summed E-state index contributed by atoms with van der Waals surface area (Å²) >= 11 is 0. The van der Waals surface area contributed by atoms with E-state index < -0.39 is 0 Å². The van der Waals surface area contributed by atoms with Gasteiger partial charge in [-0.3, -0.25) is 0 Å². The van der Waals surface area contributed by atoms with Crippen LogP contribution in [0.2, 0.25) is 0 Å². The van der Waals surface area contributed by atoms with E-state index in [1.807, 2.05) is 6.92 Å². The maximum absolute atomic E-state index is 5.53. The maximum Gasteiger partial charge on any atom is 0.0494 e. The number of ether oxygens (including phenoxy) is 2. The second kappa shape index (κ2) is 46.8. The lowest BCUT2D eigenvalue weighted by atomic mass is 9.97. The van der Waals surface area contributed by atoms with Crippen molar-refractivity contribution in [3.63, 3.8) is 0 Å². The summed E-state index contributed by atoms with van der Waals surface area (Å²) in [5, 5.41) is 0. The van der Waals surface area contributed by atoms with Gasteiger partial charge in [-0.2, -0.15) is 0 Å². The smallest absolute Gasteiger partial charge is 0.0494 e. The predicted molar refractivity (Wildman–Crippen MR) is 180 cm³/mol. The van der Waals surface area contributed by atoms with Gasteiger partial charge < -0.3 is 9.47 Å². The van der Waals surface area contributed by atoms with Crippen LogP contribution in [0, 0.1) is 23.7 Å². The molecule has 0 aromatic heterocycles. The molecule has 0 aliphatic heterocycles. The van der Waals surface area contributed by atoms with E-state index in [0.29, 0.717) is 0 Å². The largest absolute Gasteiger partial charge is 0.382 e. The molecule has 0 saturated carbocycles. The quantitative estimate of drug-likeness (QED) is 0.150. The van der Waals surface area contributed by atoms with Crippen LogP contribution in [0.3, 0.4) is 0 Å². The first-order valence-corrected chi connectivity index (χ1v) is 17.3. The van der Waals surface area contributed by atoms with E-state index >= 15 is 0 Å². The van der Waals surface area contributed by atoms with Crippen LogP contribution in [0.1, 0.15) is 187 Å². The highest BCUT2D eigenvalue weighted by atomic mass is 16.5. The minimum Gasteiger partial charge on any atom is -0.382 e. The molecule has 0 fully saturated rings. The van der Waals surface area contributed by atoms with Crippen molar-refractivity contribution in [1.29, 1.82) is 0 Å². The minimum atomic E-state index is 0.802. The number of hydrogen-bond acceptors (Lipinski definition) is 2. The molecule has 1 atom stereocenters. The molecule has 0 rings (SSSR count). The van der Waals surface area contributed by atoms with Crippen molar-refractivity contribution in [3.05, 3.63) is 0 Å². The van der Waals surface area contributed by atoms with Crippen LogP contribution < -0.4 is 0 Å². The van der Waals surface area contributed by atoms with Crippen molar-refractivity contribution >= 4 is 0 Å². The molecule has 2 heteroatoms. The third-order valence-corrected chi connectivity index (χ3v) is 6.60. The van der Waals surface area contributed by atoms with Gasteiger partial charge in [0.1, 0.15) is 0 Å². The Morgan fingerprint density at radius 3 is 1.08 bits per heavy atom. The predicted octanol–water partition coefficient (Wildman–Crippen LogP) is 13.2. The van der Waals surface area contributed by atoms with Crippen LogP contribution in [0.4, 0.5) is 0 Å². The highest BCUT2D eigenvalue weighted by Gasteiger charge is 2.04. The van der Waals surface area contributed by atoms with Gasteiger partial charge in [0.05, 0.1) is 0 Å². The molecular formula is C36H82O2. The SMILES string of the molecule is CCC(C)C.CCCC(C)C.CCCCC(CC)CC.CCCCC(CC)COCCC.CCCOCC. The molecule has 38 heavy (non-hydrogen) atoms. The Bertz CT molecular complexity index is 319. The summed E-state index contributed by atoms with van der Waals surface area (Å²) in [6.45, 7) is 34.7. The molecule has 0 N–H and O–H groups in total. The molecule has 0 bridgehead atoms. The van der Waals surface area contributed by atoms with Crippen molar-refractivity contribution in [1.82, 2.24) is 0 Å². The molecule has 0 heterocycles. The lowest BCUT2D eigenvalue weighted by molar-refractivity contribution is 0.0944. The van der Waals surface area contributed by atoms with Gasteiger partial charge in [-0.25, -0.2) is 0 Å². The summed E-state index contributed by atoms with van der Waals surface area (Å²) < 4.78 is 10.5. The van der Waals surface area contributed by atoms with E-state index in [-0.39, 0.29) is 0 Å².